The van der Waals surface area contributed by atoms with Crippen molar-refractivity contribution in [2.45, 2.75) is 69.2 Å². The first-order chi connectivity index (χ1) is 15.3. The van der Waals surface area contributed by atoms with E-state index in [0.29, 0.717) is 18.4 Å². The highest BCUT2D eigenvalue weighted by Crippen LogP contribution is 2.42. The Hall–Kier alpha value is -1.92. The van der Waals surface area contributed by atoms with Crippen LogP contribution in [0.4, 0.5) is 13.2 Å². The van der Waals surface area contributed by atoms with Gasteiger partial charge in [-0.15, -0.1) is 0 Å². The molecular formula is C21H27F3N2O5S2. The monoisotopic (exact) mass is 508 g/mol. The molecule has 1 aliphatic carbocycles. The lowest BCUT2D eigenvalue weighted by Crippen LogP contribution is -2.39. The molecule has 2 atom stereocenters. The Kier molecular flexibility index (Phi) is 7.59. The van der Waals surface area contributed by atoms with Crippen molar-refractivity contribution in [3.05, 3.63) is 36.1 Å². The Morgan fingerprint density at radius 2 is 1.73 bits per heavy atom. The minimum Gasteiger partial charge on any atom is -0.435 e. The van der Waals surface area contributed by atoms with E-state index in [1.165, 1.54) is 0 Å². The topological polar surface area (TPSA) is 98.5 Å². The summed E-state index contributed by atoms with van der Waals surface area (Å²) in [6.07, 6.45) is 4.16. The molecule has 1 N–H and O–H groups in total. The summed E-state index contributed by atoms with van der Waals surface area (Å²) in [5, 5.41) is 0. The van der Waals surface area contributed by atoms with Crippen molar-refractivity contribution >= 4 is 21.1 Å². The number of benzene rings is 1. The van der Waals surface area contributed by atoms with Gasteiger partial charge in [0.15, 0.2) is 5.76 Å². The highest BCUT2D eigenvalue weighted by Gasteiger charge is 2.50. The van der Waals surface area contributed by atoms with Crippen molar-refractivity contribution in [1.82, 2.24) is 9.71 Å². The molecule has 2 aromatic rings. The first-order valence-electron chi connectivity index (χ1n) is 10.5. The van der Waals surface area contributed by atoms with Crippen molar-refractivity contribution in [3.8, 4) is 17.3 Å². The minimum atomic E-state index is -5.99. The van der Waals surface area contributed by atoms with E-state index in [2.05, 4.69) is 13.9 Å². The van der Waals surface area contributed by atoms with Crippen LogP contribution in [0, 0.1) is 5.92 Å². The lowest BCUT2D eigenvalue weighted by atomic mass is 9.83. The van der Waals surface area contributed by atoms with E-state index in [1.807, 2.05) is 0 Å². The van der Waals surface area contributed by atoms with E-state index < -0.39 is 43.3 Å². The SMILES string of the molecule is CC(C)(C)S(=O)NC(c1oc(-c2ccccc2)nc1OS(=O)(=O)C(F)(F)F)C1CCCCC1. The van der Waals surface area contributed by atoms with Gasteiger partial charge in [-0.1, -0.05) is 37.5 Å². The number of halogens is 3. The molecule has 1 saturated carbocycles. The first kappa shape index (κ1) is 25.7. The molecule has 0 aliphatic heterocycles. The van der Waals surface area contributed by atoms with E-state index >= 15 is 0 Å². The Balaban J connectivity index is 2.11. The second-order valence-electron chi connectivity index (χ2n) is 8.91. The van der Waals surface area contributed by atoms with Gasteiger partial charge in [-0.3, -0.25) is 0 Å². The third-order valence-corrected chi connectivity index (χ3v) is 7.83. The Morgan fingerprint density at radius 1 is 1.12 bits per heavy atom. The summed E-state index contributed by atoms with van der Waals surface area (Å²) in [4.78, 5) is 3.96. The molecule has 12 heteroatoms. The molecule has 0 saturated heterocycles. The predicted molar refractivity (Wildman–Crippen MR) is 118 cm³/mol. The maximum absolute atomic E-state index is 13.1. The van der Waals surface area contributed by atoms with E-state index in [4.69, 9.17) is 4.42 Å². The molecule has 7 nitrogen and oxygen atoms in total. The molecule has 0 bridgehead atoms. The third-order valence-electron chi connectivity index (χ3n) is 5.31. The molecule has 1 aromatic heterocycles. The average Bonchev–Trinajstić information content (AvgIpc) is 3.14. The van der Waals surface area contributed by atoms with Gasteiger partial charge in [0.25, 0.3) is 5.88 Å². The fourth-order valence-corrected chi connectivity index (χ4v) is 4.86. The summed E-state index contributed by atoms with van der Waals surface area (Å²) in [5.41, 5.74) is -5.21. The quantitative estimate of drug-likeness (QED) is 0.406. The lowest BCUT2D eigenvalue weighted by molar-refractivity contribution is -0.0501. The van der Waals surface area contributed by atoms with Crippen LogP contribution in [0.3, 0.4) is 0 Å². The highest BCUT2D eigenvalue weighted by atomic mass is 32.2. The Bertz CT molecular complexity index is 1070. The standard InChI is InChI=1S/C21H27F3N2O5S2/c1-20(2,3)32(27)26-16(14-10-6-4-7-11-14)17-19(31-33(28,29)21(22,23)24)25-18(30-17)15-12-8-5-9-13-15/h5,8-9,12-14,16,26H,4,6-7,10-11H2,1-3H3. The van der Waals surface area contributed by atoms with Crippen molar-refractivity contribution in [2.75, 3.05) is 0 Å². The van der Waals surface area contributed by atoms with Crippen LogP contribution in [0.1, 0.15) is 64.7 Å². The molecule has 1 aliphatic rings. The fraction of sp³-hybridized carbons (Fsp3) is 0.571. The fourth-order valence-electron chi connectivity index (χ4n) is 3.55. The van der Waals surface area contributed by atoms with Gasteiger partial charge in [-0.2, -0.15) is 26.6 Å². The maximum atomic E-state index is 13.1. The zero-order valence-electron chi connectivity index (χ0n) is 18.5. The number of hydrogen-bond donors (Lipinski definition) is 1. The number of aromatic nitrogens is 1. The van der Waals surface area contributed by atoms with E-state index in [0.717, 1.165) is 19.3 Å². The lowest BCUT2D eigenvalue weighted by Gasteiger charge is -2.31. The number of oxazole rings is 1. The van der Waals surface area contributed by atoms with Crippen LogP contribution < -0.4 is 8.91 Å². The highest BCUT2D eigenvalue weighted by molar-refractivity contribution is 7.88. The van der Waals surface area contributed by atoms with Crippen LogP contribution in [-0.2, 0) is 21.1 Å². The second kappa shape index (κ2) is 9.75. The molecule has 184 valence electrons. The van der Waals surface area contributed by atoms with Crippen LogP contribution in [-0.4, -0.2) is 27.9 Å². The van der Waals surface area contributed by atoms with Crippen LogP contribution in [0.15, 0.2) is 34.7 Å². The molecular weight excluding hydrogens is 481 g/mol. The van der Waals surface area contributed by atoms with Gasteiger partial charge in [0.1, 0.15) is 0 Å². The summed E-state index contributed by atoms with van der Waals surface area (Å²) >= 11 is 0. The number of alkyl halides is 3. The van der Waals surface area contributed by atoms with E-state index in [9.17, 15) is 25.8 Å². The summed E-state index contributed by atoms with van der Waals surface area (Å²) in [7, 11) is -7.61. The van der Waals surface area contributed by atoms with Gasteiger partial charge in [0.2, 0.25) is 5.89 Å². The summed E-state index contributed by atoms with van der Waals surface area (Å²) in [5.74, 6) is -1.27. The van der Waals surface area contributed by atoms with Gasteiger partial charge in [-0.05, 0) is 51.7 Å². The normalized spacial score (nSPS) is 18.1. The number of hydrogen-bond acceptors (Lipinski definition) is 6. The smallest absolute Gasteiger partial charge is 0.435 e. The number of nitrogens with one attached hydrogen (secondary N) is 1. The van der Waals surface area contributed by atoms with Crippen LogP contribution in [0.25, 0.3) is 11.5 Å². The molecule has 3 rings (SSSR count). The predicted octanol–water partition coefficient (Wildman–Crippen LogP) is 5.24. The van der Waals surface area contributed by atoms with Gasteiger partial charge < -0.3 is 8.60 Å². The van der Waals surface area contributed by atoms with Gasteiger partial charge in [-0.25, -0.2) is 8.93 Å². The van der Waals surface area contributed by atoms with Crippen LogP contribution in [0.2, 0.25) is 0 Å². The van der Waals surface area contributed by atoms with Crippen molar-refractivity contribution in [3.63, 3.8) is 0 Å². The molecule has 33 heavy (non-hydrogen) atoms. The molecule has 0 amide bonds. The maximum Gasteiger partial charge on any atom is 0.534 e. The molecule has 1 heterocycles. The van der Waals surface area contributed by atoms with Crippen LogP contribution >= 0.6 is 0 Å². The van der Waals surface area contributed by atoms with Gasteiger partial charge in [0, 0.05) is 5.56 Å². The Morgan fingerprint density at radius 3 is 2.27 bits per heavy atom. The largest absolute Gasteiger partial charge is 0.534 e. The number of nitrogens with zero attached hydrogens (tertiary/aromatic N) is 1. The molecule has 1 fully saturated rings. The summed E-state index contributed by atoms with van der Waals surface area (Å²) in [6.45, 7) is 5.24. The van der Waals surface area contributed by atoms with Crippen molar-refractivity contribution in [1.29, 1.82) is 0 Å². The van der Waals surface area contributed by atoms with E-state index in [-0.39, 0.29) is 17.6 Å². The first-order valence-corrected chi connectivity index (χ1v) is 13.1. The molecule has 0 radical (unpaired) electrons. The second-order valence-corrected chi connectivity index (χ2v) is 12.4. The average molecular weight is 509 g/mol. The third kappa shape index (κ3) is 6.15. The van der Waals surface area contributed by atoms with Gasteiger partial charge in [0.05, 0.1) is 21.8 Å². The van der Waals surface area contributed by atoms with Crippen LogP contribution in [0.5, 0.6) is 5.88 Å². The molecule has 0 spiro atoms. The van der Waals surface area contributed by atoms with Crippen molar-refractivity contribution < 1.29 is 34.4 Å². The summed E-state index contributed by atoms with van der Waals surface area (Å²) in [6, 6.07) is 7.48. The minimum absolute atomic E-state index is 0.0953. The van der Waals surface area contributed by atoms with Gasteiger partial charge >= 0.3 is 15.6 Å². The van der Waals surface area contributed by atoms with E-state index in [1.54, 1.807) is 51.1 Å². The van der Waals surface area contributed by atoms with Crippen molar-refractivity contribution in [2.24, 2.45) is 5.92 Å². The summed E-state index contributed by atoms with van der Waals surface area (Å²) < 4.78 is 88.2. The molecule has 2 unspecified atom stereocenters. The zero-order chi connectivity index (χ0) is 24.4. The zero-order valence-corrected chi connectivity index (χ0v) is 20.1. The Labute approximate surface area is 193 Å². The number of rotatable bonds is 7. The molecule has 1 aromatic carbocycles.